The highest BCUT2D eigenvalue weighted by Gasteiger charge is 1.99. The molecule has 0 heterocycles. The highest BCUT2D eigenvalue weighted by Crippen LogP contribution is 2.17. The van der Waals surface area contributed by atoms with Gasteiger partial charge in [0.1, 0.15) is 11.6 Å². The highest BCUT2D eigenvalue weighted by molar-refractivity contribution is 5.44. The van der Waals surface area contributed by atoms with E-state index in [1.807, 2.05) is 0 Å². The molecule has 1 rings (SSSR count). The molecule has 56 valence electrons. The van der Waals surface area contributed by atoms with Gasteiger partial charge in [0, 0.05) is 0 Å². The zero-order valence-corrected chi connectivity index (χ0v) is 6.10. The van der Waals surface area contributed by atoms with Crippen molar-refractivity contribution in [2.24, 2.45) is 0 Å². The standard InChI is InChI=1S/C9H7FO/c1-3-7-6-8(10)4-5-9(7)11-2/h1,4-6H,2H3. The van der Waals surface area contributed by atoms with Gasteiger partial charge in [-0.3, -0.25) is 0 Å². The van der Waals surface area contributed by atoms with E-state index in [1.165, 1.54) is 25.3 Å². The Bertz CT molecular complexity index is 299. The Labute approximate surface area is 64.8 Å². The highest BCUT2D eigenvalue weighted by atomic mass is 19.1. The second-order valence-corrected chi connectivity index (χ2v) is 1.99. The maximum absolute atomic E-state index is 12.5. The second kappa shape index (κ2) is 3.07. The molecule has 0 saturated heterocycles. The van der Waals surface area contributed by atoms with Crippen LogP contribution in [-0.2, 0) is 0 Å². The van der Waals surface area contributed by atoms with Crippen LogP contribution in [0.5, 0.6) is 5.75 Å². The van der Waals surface area contributed by atoms with Crippen molar-refractivity contribution in [3.63, 3.8) is 0 Å². The SMILES string of the molecule is C#Cc1cc(F)ccc1OC. The fraction of sp³-hybridized carbons (Fsp3) is 0.111. The van der Waals surface area contributed by atoms with Crippen LogP contribution in [0.3, 0.4) is 0 Å². The summed E-state index contributed by atoms with van der Waals surface area (Å²) in [5, 5.41) is 0. The molecule has 0 aliphatic rings. The quantitative estimate of drug-likeness (QED) is 0.555. The average Bonchev–Trinajstić information content (AvgIpc) is 2.04. The molecule has 0 unspecified atom stereocenters. The minimum absolute atomic E-state index is 0.348. The molecule has 0 aliphatic carbocycles. The zero-order chi connectivity index (χ0) is 8.27. The number of halogens is 1. The summed E-state index contributed by atoms with van der Waals surface area (Å²) in [4.78, 5) is 0. The van der Waals surface area contributed by atoms with Gasteiger partial charge in [0.2, 0.25) is 0 Å². The zero-order valence-electron chi connectivity index (χ0n) is 6.10. The molecule has 0 saturated carbocycles. The lowest BCUT2D eigenvalue weighted by atomic mass is 10.2. The van der Waals surface area contributed by atoms with Gasteiger partial charge in [0.05, 0.1) is 12.7 Å². The van der Waals surface area contributed by atoms with Gasteiger partial charge in [-0.15, -0.1) is 6.42 Å². The van der Waals surface area contributed by atoms with Crippen LogP contribution >= 0.6 is 0 Å². The summed E-state index contributed by atoms with van der Waals surface area (Å²) in [6.45, 7) is 0. The van der Waals surface area contributed by atoms with Gasteiger partial charge < -0.3 is 4.74 Å². The van der Waals surface area contributed by atoms with Crippen molar-refractivity contribution in [1.82, 2.24) is 0 Å². The number of methoxy groups -OCH3 is 1. The molecule has 0 spiro atoms. The summed E-state index contributed by atoms with van der Waals surface area (Å²) in [6.07, 6.45) is 5.10. The van der Waals surface area contributed by atoms with Crippen LogP contribution in [0.15, 0.2) is 18.2 Å². The summed E-state index contributed by atoms with van der Waals surface area (Å²) in [5.74, 6) is 2.50. The van der Waals surface area contributed by atoms with Crippen LogP contribution in [0.4, 0.5) is 4.39 Å². The van der Waals surface area contributed by atoms with Crippen molar-refractivity contribution in [3.05, 3.63) is 29.6 Å². The Morgan fingerprint density at radius 2 is 2.27 bits per heavy atom. The summed E-state index contributed by atoms with van der Waals surface area (Å²) < 4.78 is 17.4. The normalized spacial score (nSPS) is 8.82. The van der Waals surface area contributed by atoms with Crippen LogP contribution in [0.1, 0.15) is 5.56 Å². The van der Waals surface area contributed by atoms with E-state index < -0.39 is 0 Å². The number of benzene rings is 1. The van der Waals surface area contributed by atoms with E-state index in [9.17, 15) is 4.39 Å². The third-order valence-electron chi connectivity index (χ3n) is 1.32. The molecule has 0 radical (unpaired) electrons. The lowest BCUT2D eigenvalue weighted by Crippen LogP contribution is -1.88. The molecular formula is C9H7FO. The minimum atomic E-state index is -0.348. The molecule has 0 fully saturated rings. The second-order valence-electron chi connectivity index (χ2n) is 1.99. The number of ether oxygens (including phenoxy) is 1. The molecule has 0 aliphatic heterocycles. The third-order valence-corrected chi connectivity index (χ3v) is 1.32. The largest absolute Gasteiger partial charge is 0.495 e. The van der Waals surface area contributed by atoms with E-state index in [2.05, 4.69) is 5.92 Å². The molecule has 1 nitrogen and oxygen atoms in total. The number of hydrogen-bond acceptors (Lipinski definition) is 1. The first kappa shape index (κ1) is 7.62. The Morgan fingerprint density at radius 1 is 1.55 bits per heavy atom. The number of hydrogen-bond donors (Lipinski definition) is 0. The first-order valence-corrected chi connectivity index (χ1v) is 3.08. The van der Waals surface area contributed by atoms with Gasteiger partial charge in [-0.25, -0.2) is 4.39 Å². The predicted octanol–water partition coefficient (Wildman–Crippen LogP) is 1.82. The smallest absolute Gasteiger partial charge is 0.134 e. The van der Waals surface area contributed by atoms with Crippen molar-refractivity contribution in [2.75, 3.05) is 7.11 Å². The van der Waals surface area contributed by atoms with E-state index in [0.717, 1.165) is 0 Å². The van der Waals surface area contributed by atoms with Crippen molar-refractivity contribution in [1.29, 1.82) is 0 Å². The molecule has 1 aromatic rings. The van der Waals surface area contributed by atoms with Crippen LogP contribution in [0.2, 0.25) is 0 Å². The van der Waals surface area contributed by atoms with Gasteiger partial charge in [-0.2, -0.15) is 0 Å². The van der Waals surface area contributed by atoms with E-state index in [0.29, 0.717) is 11.3 Å². The fourth-order valence-corrected chi connectivity index (χ4v) is 0.793. The van der Waals surface area contributed by atoms with Gasteiger partial charge in [-0.05, 0) is 18.2 Å². The van der Waals surface area contributed by atoms with Crippen LogP contribution in [-0.4, -0.2) is 7.11 Å². The summed E-state index contributed by atoms with van der Waals surface area (Å²) in [5.41, 5.74) is 0.438. The molecular weight excluding hydrogens is 143 g/mol. The van der Waals surface area contributed by atoms with Gasteiger partial charge in [-0.1, -0.05) is 5.92 Å². The van der Waals surface area contributed by atoms with E-state index >= 15 is 0 Å². The Kier molecular flexibility index (Phi) is 2.12. The minimum Gasteiger partial charge on any atom is -0.495 e. The van der Waals surface area contributed by atoms with Gasteiger partial charge >= 0.3 is 0 Å². The lowest BCUT2D eigenvalue weighted by Gasteiger charge is -2.01. The number of terminal acetylenes is 1. The van der Waals surface area contributed by atoms with Crippen molar-refractivity contribution >= 4 is 0 Å². The Hall–Kier alpha value is -1.49. The van der Waals surface area contributed by atoms with Gasteiger partial charge in [0.15, 0.2) is 0 Å². The molecule has 0 N–H and O–H groups in total. The van der Waals surface area contributed by atoms with E-state index in [1.54, 1.807) is 0 Å². The summed E-state index contributed by atoms with van der Waals surface area (Å²) >= 11 is 0. The Morgan fingerprint density at radius 3 is 2.82 bits per heavy atom. The number of rotatable bonds is 1. The first-order chi connectivity index (χ1) is 5.27. The van der Waals surface area contributed by atoms with Gasteiger partial charge in [0.25, 0.3) is 0 Å². The van der Waals surface area contributed by atoms with E-state index in [4.69, 9.17) is 11.2 Å². The lowest BCUT2D eigenvalue weighted by molar-refractivity contribution is 0.412. The maximum Gasteiger partial charge on any atom is 0.134 e. The third kappa shape index (κ3) is 1.50. The topological polar surface area (TPSA) is 9.23 Å². The summed E-state index contributed by atoms with van der Waals surface area (Å²) in [7, 11) is 1.49. The van der Waals surface area contributed by atoms with Crippen LogP contribution in [0, 0.1) is 18.2 Å². The molecule has 0 bridgehead atoms. The van der Waals surface area contributed by atoms with Crippen molar-refractivity contribution < 1.29 is 9.13 Å². The molecule has 2 heteroatoms. The predicted molar refractivity (Wildman–Crippen MR) is 40.9 cm³/mol. The first-order valence-electron chi connectivity index (χ1n) is 3.08. The Balaban J connectivity index is 3.19. The monoisotopic (exact) mass is 150 g/mol. The molecule has 11 heavy (non-hydrogen) atoms. The molecule has 1 aromatic carbocycles. The summed E-state index contributed by atoms with van der Waals surface area (Å²) in [6, 6.07) is 4.07. The molecule has 0 aromatic heterocycles. The maximum atomic E-state index is 12.5. The average molecular weight is 150 g/mol. The van der Waals surface area contributed by atoms with Crippen LogP contribution < -0.4 is 4.74 Å². The molecule has 0 atom stereocenters. The molecule has 0 amide bonds. The van der Waals surface area contributed by atoms with Crippen LogP contribution in [0.25, 0.3) is 0 Å². The van der Waals surface area contributed by atoms with Crippen molar-refractivity contribution in [2.45, 2.75) is 0 Å². The fourth-order valence-electron chi connectivity index (χ4n) is 0.793. The van der Waals surface area contributed by atoms with Crippen molar-refractivity contribution in [3.8, 4) is 18.1 Å². The van der Waals surface area contributed by atoms with E-state index in [-0.39, 0.29) is 5.82 Å².